The Morgan fingerprint density at radius 3 is 2.94 bits per heavy atom. The monoisotopic (exact) mass is 224 g/mol. The maximum Gasteiger partial charge on any atom is 0.251 e. The summed E-state index contributed by atoms with van der Waals surface area (Å²) in [4.78, 5) is 14.9. The number of amides is 1. The molecule has 0 aliphatic heterocycles. The zero-order chi connectivity index (χ0) is 12.0. The average molecular weight is 224 g/mol. The number of carbonyl (C=O) groups is 1. The van der Waals surface area contributed by atoms with Gasteiger partial charge in [0.05, 0.1) is 0 Å². The van der Waals surface area contributed by atoms with Crippen LogP contribution in [0.4, 0.5) is 4.39 Å². The smallest absolute Gasteiger partial charge is 0.251 e. The Morgan fingerprint density at radius 2 is 2.31 bits per heavy atom. The molecule has 88 valence electrons. The fraction of sp³-hybridized carbons (Fsp3) is 0.500. The van der Waals surface area contributed by atoms with Gasteiger partial charge in [-0.05, 0) is 24.8 Å². The van der Waals surface area contributed by atoms with E-state index in [4.69, 9.17) is 0 Å². The Bertz CT molecular complexity index is 353. The van der Waals surface area contributed by atoms with Crippen molar-refractivity contribution >= 4 is 5.91 Å². The Balaban J connectivity index is 2.35. The lowest BCUT2D eigenvalue weighted by molar-refractivity contribution is 0.0952. The van der Waals surface area contributed by atoms with Gasteiger partial charge in [0.25, 0.3) is 5.91 Å². The van der Waals surface area contributed by atoms with Crippen LogP contribution in [-0.4, -0.2) is 17.4 Å². The van der Waals surface area contributed by atoms with Crippen LogP contribution in [0.5, 0.6) is 0 Å². The summed E-state index contributed by atoms with van der Waals surface area (Å²) in [6.07, 6.45) is 3.31. The van der Waals surface area contributed by atoms with Crippen LogP contribution in [0.3, 0.4) is 0 Å². The lowest BCUT2D eigenvalue weighted by atomic mass is 10.1. The van der Waals surface area contributed by atoms with Crippen molar-refractivity contribution in [1.29, 1.82) is 0 Å². The maximum atomic E-state index is 12.7. The van der Waals surface area contributed by atoms with Crippen molar-refractivity contribution in [2.75, 3.05) is 6.54 Å². The third-order valence-electron chi connectivity index (χ3n) is 2.23. The zero-order valence-electron chi connectivity index (χ0n) is 9.66. The van der Waals surface area contributed by atoms with Gasteiger partial charge in [-0.15, -0.1) is 0 Å². The minimum absolute atomic E-state index is 0.245. The molecular formula is C12H17FN2O. The number of hydrogen-bond acceptors (Lipinski definition) is 2. The number of pyridine rings is 1. The van der Waals surface area contributed by atoms with Crippen molar-refractivity contribution < 1.29 is 9.18 Å². The number of hydrogen-bond donors (Lipinski definition) is 1. The Morgan fingerprint density at radius 1 is 1.56 bits per heavy atom. The van der Waals surface area contributed by atoms with E-state index in [2.05, 4.69) is 24.1 Å². The molecule has 1 rings (SSSR count). The van der Waals surface area contributed by atoms with E-state index in [1.807, 2.05) is 0 Å². The van der Waals surface area contributed by atoms with E-state index < -0.39 is 5.95 Å². The molecule has 0 saturated heterocycles. The van der Waals surface area contributed by atoms with Crippen LogP contribution in [0.2, 0.25) is 0 Å². The highest BCUT2D eigenvalue weighted by Crippen LogP contribution is 2.03. The van der Waals surface area contributed by atoms with Crippen LogP contribution in [0.15, 0.2) is 18.3 Å². The first-order valence-corrected chi connectivity index (χ1v) is 5.49. The average Bonchev–Trinajstić information content (AvgIpc) is 2.24. The summed E-state index contributed by atoms with van der Waals surface area (Å²) in [6, 6.07) is 2.64. The number of nitrogens with one attached hydrogen (secondary N) is 1. The van der Waals surface area contributed by atoms with Crippen LogP contribution < -0.4 is 5.32 Å². The molecule has 0 aliphatic carbocycles. The normalized spacial score (nSPS) is 10.5. The van der Waals surface area contributed by atoms with Crippen LogP contribution in [0, 0.1) is 11.9 Å². The summed E-state index contributed by atoms with van der Waals surface area (Å²) < 4.78 is 12.7. The predicted octanol–water partition coefficient (Wildman–Crippen LogP) is 2.39. The second kappa shape index (κ2) is 6.20. The molecule has 0 atom stereocenters. The second-order valence-corrected chi connectivity index (χ2v) is 4.16. The van der Waals surface area contributed by atoms with Gasteiger partial charge in [-0.1, -0.05) is 13.8 Å². The molecule has 0 unspecified atom stereocenters. The third kappa shape index (κ3) is 4.38. The summed E-state index contributed by atoms with van der Waals surface area (Å²) in [5, 5.41) is 2.75. The summed E-state index contributed by atoms with van der Waals surface area (Å²) in [6.45, 7) is 4.90. The van der Waals surface area contributed by atoms with Crippen LogP contribution in [-0.2, 0) is 0 Å². The van der Waals surface area contributed by atoms with Gasteiger partial charge in [-0.25, -0.2) is 4.98 Å². The standard InChI is InChI=1S/C12H17FN2O/c1-9(2)4-3-6-15-12(16)10-5-7-14-11(13)8-10/h5,7-9H,3-4,6H2,1-2H3,(H,15,16). The van der Waals surface area contributed by atoms with Crippen molar-refractivity contribution in [3.63, 3.8) is 0 Å². The summed E-state index contributed by atoms with van der Waals surface area (Å²) in [5.41, 5.74) is 0.317. The summed E-state index contributed by atoms with van der Waals surface area (Å²) in [7, 11) is 0. The van der Waals surface area contributed by atoms with E-state index in [1.165, 1.54) is 12.3 Å². The molecule has 1 heterocycles. The molecule has 1 aromatic heterocycles. The minimum atomic E-state index is -0.630. The van der Waals surface area contributed by atoms with Crippen LogP contribution >= 0.6 is 0 Å². The molecule has 16 heavy (non-hydrogen) atoms. The molecule has 1 amide bonds. The molecule has 3 nitrogen and oxygen atoms in total. The maximum absolute atomic E-state index is 12.7. The van der Waals surface area contributed by atoms with Gasteiger partial charge in [0.2, 0.25) is 5.95 Å². The summed E-state index contributed by atoms with van der Waals surface area (Å²) in [5.74, 6) is -0.241. The number of rotatable bonds is 5. The molecule has 0 fully saturated rings. The first-order valence-electron chi connectivity index (χ1n) is 5.49. The number of nitrogens with zero attached hydrogens (tertiary/aromatic N) is 1. The Kier molecular flexibility index (Phi) is 4.89. The fourth-order valence-corrected chi connectivity index (χ4v) is 1.36. The third-order valence-corrected chi connectivity index (χ3v) is 2.23. The van der Waals surface area contributed by atoms with E-state index in [9.17, 15) is 9.18 Å². The first-order chi connectivity index (χ1) is 7.59. The molecule has 0 saturated carbocycles. The van der Waals surface area contributed by atoms with Gasteiger partial charge in [-0.2, -0.15) is 4.39 Å². The van der Waals surface area contributed by atoms with E-state index in [0.29, 0.717) is 18.0 Å². The van der Waals surface area contributed by atoms with E-state index >= 15 is 0 Å². The van der Waals surface area contributed by atoms with Gasteiger partial charge in [-0.3, -0.25) is 4.79 Å². The molecule has 4 heteroatoms. The zero-order valence-corrected chi connectivity index (χ0v) is 9.66. The summed E-state index contributed by atoms with van der Waals surface area (Å²) >= 11 is 0. The predicted molar refractivity (Wildman–Crippen MR) is 60.6 cm³/mol. The lowest BCUT2D eigenvalue weighted by Gasteiger charge is -2.06. The quantitative estimate of drug-likeness (QED) is 0.616. The van der Waals surface area contributed by atoms with Gasteiger partial charge in [0.1, 0.15) is 0 Å². The first kappa shape index (κ1) is 12.6. The molecule has 0 spiro atoms. The van der Waals surface area contributed by atoms with Crippen molar-refractivity contribution in [3.8, 4) is 0 Å². The van der Waals surface area contributed by atoms with Crippen molar-refractivity contribution in [1.82, 2.24) is 10.3 Å². The molecule has 1 N–H and O–H groups in total. The highest BCUT2D eigenvalue weighted by atomic mass is 19.1. The molecule has 0 aromatic carbocycles. The van der Waals surface area contributed by atoms with E-state index in [0.717, 1.165) is 18.9 Å². The van der Waals surface area contributed by atoms with Crippen molar-refractivity contribution in [3.05, 3.63) is 29.8 Å². The van der Waals surface area contributed by atoms with Gasteiger partial charge < -0.3 is 5.32 Å². The van der Waals surface area contributed by atoms with E-state index in [-0.39, 0.29) is 5.91 Å². The number of aromatic nitrogens is 1. The minimum Gasteiger partial charge on any atom is -0.352 e. The van der Waals surface area contributed by atoms with Crippen LogP contribution in [0.25, 0.3) is 0 Å². The van der Waals surface area contributed by atoms with Gasteiger partial charge in [0.15, 0.2) is 0 Å². The highest BCUT2D eigenvalue weighted by molar-refractivity contribution is 5.93. The van der Waals surface area contributed by atoms with Crippen molar-refractivity contribution in [2.24, 2.45) is 5.92 Å². The molecule has 1 aromatic rings. The number of carbonyl (C=O) groups excluding carboxylic acids is 1. The van der Waals surface area contributed by atoms with E-state index in [1.54, 1.807) is 0 Å². The molecule has 0 radical (unpaired) electrons. The van der Waals surface area contributed by atoms with Gasteiger partial charge >= 0.3 is 0 Å². The molecule has 0 bridgehead atoms. The topological polar surface area (TPSA) is 42.0 Å². The Labute approximate surface area is 95.1 Å². The fourth-order valence-electron chi connectivity index (χ4n) is 1.36. The number of halogens is 1. The Hall–Kier alpha value is -1.45. The molecule has 0 aliphatic rings. The van der Waals surface area contributed by atoms with Crippen molar-refractivity contribution in [2.45, 2.75) is 26.7 Å². The highest BCUT2D eigenvalue weighted by Gasteiger charge is 2.05. The SMILES string of the molecule is CC(C)CCCNC(=O)c1ccnc(F)c1. The second-order valence-electron chi connectivity index (χ2n) is 4.16. The van der Waals surface area contributed by atoms with Gasteiger partial charge in [0, 0.05) is 24.4 Å². The van der Waals surface area contributed by atoms with Crippen LogP contribution in [0.1, 0.15) is 37.0 Å². The lowest BCUT2D eigenvalue weighted by Crippen LogP contribution is -2.24. The molecular weight excluding hydrogens is 207 g/mol. The largest absolute Gasteiger partial charge is 0.352 e.